The van der Waals surface area contributed by atoms with Crippen LogP contribution in [0.2, 0.25) is 0 Å². The number of carbonyl (C=O) groups excluding carboxylic acids is 1. The van der Waals surface area contributed by atoms with Gasteiger partial charge in [-0.2, -0.15) is 0 Å². The Hall–Kier alpha value is -2.64. The molecule has 3 aliphatic rings. The third-order valence-corrected chi connectivity index (χ3v) is 5.98. The first kappa shape index (κ1) is 18.4. The predicted molar refractivity (Wildman–Crippen MR) is 109 cm³/mol. The number of carbonyl (C=O) groups is 1. The average molecular weight is 394 g/mol. The normalized spacial score (nSPS) is 23.4. The average Bonchev–Trinajstić information content (AvgIpc) is 3.26. The third kappa shape index (κ3) is 3.80. The number of ether oxygens (including phenoxy) is 2. The number of amides is 1. The summed E-state index contributed by atoms with van der Waals surface area (Å²) in [6.45, 7) is 4.93. The van der Waals surface area contributed by atoms with Gasteiger partial charge in [-0.1, -0.05) is 36.4 Å². The largest absolute Gasteiger partial charge is 0.445 e. The summed E-state index contributed by atoms with van der Waals surface area (Å²) in [7, 11) is 0. The van der Waals surface area contributed by atoms with E-state index in [-0.39, 0.29) is 12.2 Å². The first-order chi connectivity index (χ1) is 14.3. The lowest BCUT2D eigenvalue weighted by Crippen LogP contribution is -2.51. The van der Waals surface area contributed by atoms with Gasteiger partial charge in [0, 0.05) is 38.3 Å². The minimum absolute atomic E-state index is 0.247. The summed E-state index contributed by atoms with van der Waals surface area (Å²) < 4.78 is 11.4. The molecule has 0 radical (unpaired) electrons. The fourth-order valence-corrected chi connectivity index (χ4v) is 4.41. The van der Waals surface area contributed by atoms with Gasteiger partial charge in [0.2, 0.25) is 0 Å². The van der Waals surface area contributed by atoms with Crippen molar-refractivity contribution in [2.75, 3.05) is 37.7 Å². The van der Waals surface area contributed by atoms with E-state index in [1.807, 2.05) is 30.3 Å². The monoisotopic (exact) mass is 394 g/mol. The second kappa shape index (κ2) is 8.00. The van der Waals surface area contributed by atoms with Crippen molar-refractivity contribution in [1.29, 1.82) is 0 Å². The fraction of sp³-hybridized carbons (Fsp3) is 0.455. The number of hydrogen-bond acceptors (Lipinski definition) is 6. The van der Waals surface area contributed by atoms with Gasteiger partial charge in [-0.3, -0.25) is 0 Å². The van der Waals surface area contributed by atoms with E-state index in [0.29, 0.717) is 25.7 Å². The van der Waals surface area contributed by atoms with Gasteiger partial charge >= 0.3 is 6.09 Å². The number of pyridine rings is 1. The summed E-state index contributed by atoms with van der Waals surface area (Å²) >= 11 is 0. The first-order valence-corrected chi connectivity index (χ1v) is 10.3. The summed E-state index contributed by atoms with van der Waals surface area (Å²) in [5.74, 6) is 1.02. The molecular formula is C22H26N4O3. The summed E-state index contributed by atoms with van der Waals surface area (Å²) in [4.78, 5) is 21.6. The van der Waals surface area contributed by atoms with E-state index in [1.54, 1.807) is 4.90 Å². The maximum atomic E-state index is 12.5. The van der Waals surface area contributed by atoms with E-state index in [2.05, 4.69) is 22.3 Å². The van der Waals surface area contributed by atoms with E-state index in [1.165, 1.54) is 0 Å². The van der Waals surface area contributed by atoms with Gasteiger partial charge in [0.25, 0.3) is 0 Å². The van der Waals surface area contributed by atoms with Crippen molar-refractivity contribution in [2.45, 2.75) is 31.7 Å². The van der Waals surface area contributed by atoms with Crippen molar-refractivity contribution in [2.24, 2.45) is 0 Å². The standard InChI is InChI=1S/C22H26N4O3/c27-22(29-15-16-4-2-1-3-5-16)25-9-8-18-17(14-25)6-7-21(24-18)26-10-11-28-20-13-23-12-19(20)26/h1-7,19-20,23H,8-15H2/t19-,20+/m1/s1. The number of rotatable bonds is 3. The molecule has 7 heteroatoms. The molecule has 1 aromatic carbocycles. The summed E-state index contributed by atoms with van der Waals surface area (Å²) in [6, 6.07) is 14.3. The highest BCUT2D eigenvalue weighted by Crippen LogP contribution is 2.27. The van der Waals surface area contributed by atoms with Crippen LogP contribution in [0.15, 0.2) is 42.5 Å². The molecule has 5 rings (SSSR count). The van der Waals surface area contributed by atoms with Crippen LogP contribution in [0.1, 0.15) is 16.8 Å². The van der Waals surface area contributed by atoms with Crippen LogP contribution in [-0.2, 0) is 29.0 Å². The second-order valence-corrected chi connectivity index (χ2v) is 7.82. The van der Waals surface area contributed by atoms with Crippen LogP contribution < -0.4 is 10.2 Å². The minimum atomic E-state index is -0.267. The molecule has 1 N–H and O–H groups in total. The Morgan fingerprint density at radius 2 is 2.07 bits per heavy atom. The first-order valence-electron chi connectivity index (χ1n) is 10.3. The van der Waals surface area contributed by atoms with Crippen molar-refractivity contribution in [1.82, 2.24) is 15.2 Å². The lowest BCUT2D eigenvalue weighted by atomic mass is 10.1. The number of anilines is 1. The molecule has 4 heterocycles. The number of morpholine rings is 1. The van der Waals surface area contributed by atoms with E-state index >= 15 is 0 Å². The Morgan fingerprint density at radius 1 is 1.17 bits per heavy atom. The summed E-state index contributed by atoms with van der Waals surface area (Å²) in [5.41, 5.74) is 3.18. The van der Waals surface area contributed by atoms with Crippen LogP contribution in [0, 0.1) is 0 Å². The van der Waals surface area contributed by atoms with Crippen LogP contribution in [0.3, 0.4) is 0 Å². The number of nitrogens with zero attached hydrogens (tertiary/aromatic N) is 3. The van der Waals surface area contributed by atoms with Gasteiger partial charge in [0.15, 0.2) is 0 Å². The Kier molecular flexibility index (Phi) is 5.08. The smallest absolute Gasteiger partial charge is 0.410 e. The van der Waals surface area contributed by atoms with Crippen LogP contribution in [0.5, 0.6) is 0 Å². The fourth-order valence-electron chi connectivity index (χ4n) is 4.41. The van der Waals surface area contributed by atoms with Crippen molar-refractivity contribution in [3.63, 3.8) is 0 Å². The van der Waals surface area contributed by atoms with E-state index < -0.39 is 0 Å². The number of fused-ring (bicyclic) bond motifs is 2. The van der Waals surface area contributed by atoms with Gasteiger partial charge in [0.05, 0.1) is 25.3 Å². The number of nitrogens with one attached hydrogen (secondary N) is 1. The molecule has 0 saturated carbocycles. The molecule has 2 aromatic rings. The molecule has 0 spiro atoms. The zero-order valence-electron chi connectivity index (χ0n) is 16.4. The highest BCUT2D eigenvalue weighted by Gasteiger charge is 2.37. The molecule has 0 aliphatic carbocycles. The molecule has 0 bridgehead atoms. The topological polar surface area (TPSA) is 66.9 Å². The summed E-state index contributed by atoms with van der Waals surface area (Å²) in [6.07, 6.45) is 0.730. The van der Waals surface area contributed by atoms with Crippen molar-refractivity contribution >= 4 is 11.9 Å². The van der Waals surface area contributed by atoms with E-state index in [0.717, 1.165) is 55.3 Å². The van der Waals surface area contributed by atoms with Gasteiger partial charge in [-0.15, -0.1) is 0 Å². The Labute approximate surface area is 170 Å². The number of aromatic nitrogens is 1. The third-order valence-electron chi connectivity index (χ3n) is 5.98. The maximum absolute atomic E-state index is 12.5. The Bertz CT molecular complexity index is 876. The molecular weight excluding hydrogens is 368 g/mol. The number of hydrogen-bond donors (Lipinski definition) is 1. The summed E-state index contributed by atoms with van der Waals surface area (Å²) in [5, 5.41) is 3.42. The lowest BCUT2D eigenvalue weighted by molar-refractivity contribution is 0.0346. The van der Waals surface area contributed by atoms with Gasteiger partial charge in [0.1, 0.15) is 12.4 Å². The Morgan fingerprint density at radius 3 is 2.97 bits per heavy atom. The highest BCUT2D eigenvalue weighted by atomic mass is 16.6. The quantitative estimate of drug-likeness (QED) is 0.859. The molecule has 2 fully saturated rings. The maximum Gasteiger partial charge on any atom is 0.410 e. The van der Waals surface area contributed by atoms with Crippen LogP contribution in [-0.4, -0.2) is 60.9 Å². The minimum Gasteiger partial charge on any atom is -0.445 e. The molecule has 1 aromatic heterocycles. The predicted octanol–water partition coefficient (Wildman–Crippen LogP) is 1.95. The van der Waals surface area contributed by atoms with Crippen molar-refractivity contribution in [3.8, 4) is 0 Å². The van der Waals surface area contributed by atoms with E-state index in [4.69, 9.17) is 14.5 Å². The highest BCUT2D eigenvalue weighted by molar-refractivity contribution is 5.68. The molecule has 29 heavy (non-hydrogen) atoms. The van der Waals surface area contributed by atoms with Gasteiger partial charge in [-0.05, 0) is 17.2 Å². The molecule has 1 amide bonds. The molecule has 0 unspecified atom stereocenters. The van der Waals surface area contributed by atoms with E-state index in [9.17, 15) is 4.79 Å². The van der Waals surface area contributed by atoms with Gasteiger partial charge < -0.3 is 24.6 Å². The molecule has 3 aliphatic heterocycles. The van der Waals surface area contributed by atoms with Crippen LogP contribution in [0.4, 0.5) is 10.6 Å². The van der Waals surface area contributed by atoms with Crippen LogP contribution in [0.25, 0.3) is 0 Å². The SMILES string of the molecule is O=C(OCc1ccccc1)N1CCc2nc(N3CCO[C@H]4CNC[C@H]43)ccc2C1. The lowest BCUT2D eigenvalue weighted by Gasteiger charge is -2.38. The Balaban J connectivity index is 1.24. The zero-order valence-corrected chi connectivity index (χ0v) is 16.4. The molecule has 7 nitrogen and oxygen atoms in total. The zero-order chi connectivity index (χ0) is 19.6. The van der Waals surface area contributed by atoms with Crippen molar-refractivity contribution in [3.05, 3.63) is 59.3 Å². The molecule has 2 saturated heterocycles. The van der Waals surface area contributed by atoms with Gasteiger partial charge in [-0.25, -0.2) is 9.78 Å². The van der Waals surface area contributed by atoms with Crippen LogP contribution >= 0.6 is 0 Å². The molecule has 2 atom stereocenters. The molecule has 152 valence electrons. The van der Waals surface area contributed by atoms with Crippen molar-refractivity contribution < 1.29 is 14.3 Å². The second-order valence-electron chi connectivity index (χ2n) is 7.82. The number of benzene rings is 1.